The van der Waals surface area contributed by atoms with Gasteiger partial charge in [0, 0.05) is 16.9 Å². The maximum atomic E-state index is 10.8. The number of ether oxygens (including phenoxy) is 2. The third kappa shape index (κ3) is 4.10. The molecule has 4 heteroatoms. The number of carbonyl (C=O) groups excluding carboxylic acids is 1. The molecular formula is C14H15IO3. The molecule has 0 radical (unpaired) electrons. The second-order valence-electron chi connectivity index (χ2n) is 4.24. The Morgan fingerprint density at radius 2 is 2.11 bits per heavy atom. The molecule has 1 heterocycles. The highest BCUT2D eigenvalue weighted by molar-refractivity contribution is 14.1. The summed E-state index contributed by atoms with van der Waals surface area (Å²) >= 11 is 2.29. The van der Waals surface area contributed by atoms with Crippen molar-refractivity contribution in [3.8, 4) is 0 Å². The third-order valence-corrected chi connectivity index (χ3v) is 3.40. The lowest BCUT2D eigenvalue weighted by Crippen LogP contribution is -2.29. The molecular weight excluding hydrogens is 343 g/mol. The summed E-state index contributed by atoms with van der Waals surface area (Å²) in [5.41, 5.74) is 1.25. The van der Waals surface area contributed by atoms with E-state index in [1.807, 2.05) is 12.2 Å². The van der Waals surface area contributed by atoms with Crippen LogP contribution in [0, 0.1) is 3.57 Å². The molecule has 96 valence electrons. The largest absolute Gasteiger partial charge is 0.456 e. The predicted octanol–water partition coefficient (Wildman–Crippen LogP) is 2.72. The summed E-state index contributed by atoms with van der Waals surface area (Å²) in [5, 5.41) is 0. The van der Waals surface area contributed by atoms with Gasteiger partial charge in [-0.05, 0) is 46.4 Å². The first-order chi connectivity index (χ1) is 8.63. The number of hydrogen-bond donors (Lipinski definition) is 0. The number of carbonyl (C=O) groups is 1. The Labute approximate surface area is 120 Å². The highest BCUT2D eigenvalue weighted by Crippen LogP contribution is 2.15. The van der Waals surface area contributed by atoms with Gasteiger partial charge in [0.2, 0.25) is 0 Å². The molecule has 1 aromatic rings. The topological polar surface area (TPSA) is 35.5 Å². The summed E-state index contributed by atoms with van der Waals surface area (Å²) in [4.78, 5) is 10.8. The fraction of sp³-hybridized carbons (Fsp3) is 0.357. The van der Waals surface area contributed by atoms with Crippen LogP contribution in [0.2, 0.25) is 0 Å². The van der Waals surface area contributed by atoms with Crippen molar-refractivity contribution in [3.05, 3.63) is 45.6 Å². The van der Waals surface area contributed by atoms with Crippen molar-refractivity contribution in [1.82, 2.24) is 0 Å². The zero-order valence-corrected chi connectivity index (χ0v) is 12.3. The van der Waals surface area contributed by atoms with E-state index in [9.17, 15) is 4.79 Å². The molecule has 1 aliphatic rings. The van der Waals surface area contributed by atoms with Crippen LogP contribution in [0.25, 0.3) is 0 Å². The molecule has 2 rings (SSSR count). The molecule has 0 aliphatic carbocycles. The van der Waals surface area contributed by atoms with Crippen LogP contribution in [0.4, 0.5) is 0 Å². The van der Waals surface area contributed by atoms with E-state index in [0.717, 1.165) is 6.42 Å². The highest BCUT2D eigenvalue weighted by atomic mass is 127. The van der Waals surface area contributed by atoms with Crippen molar-refractivity contribution in [2.75, 3.05) is 6.61 Å². The fourth-order valence-corrected chi connectivity index (χ4v) is 2.20. The highest BCUT2D eigenvalue weighted by Gasteiger charge is 2.18. The van der Waals surface area contributed by atoms with Crippen LogP contribution in [0.5, 0.6) is 0 Å². The average Bonchev–Trinajstić information content (AvgIpc) is 2.34. The van der Waals surface area contributed by atoms with Crippen molar-refractivity contribution in [2.24, 2.45) is 0 Å². The molecule has 0 bridgehead atoms. The minimum absolute atomic E-state index is 0.0665. The third-order valence-electron chi connectivity index (χ3n) is 2.68. The van der Waals surface area contributed by atoms with Crippen molar-refractivity contribution in [3.63, 3.8) is 0 Å². The summed E-state index contributed by atoms with van der Waals surface area (Å²) in [7, 11) is 0. The zero-order valence-electron chi connectivity index (χ0n) is 10.1. The van der Waals surface area contributed by atoms with Crippen molar-refractivity contribution >= 4 is 28.6 Å². The summed E-state index contributed by atoms with van der Waals surface area (Å²) in [6.07, 6.45) is 4.55. The standard InChI is InChI=1S/C14H15IO3/c1-10(16)18-14-7-6-13(17-9-14)8-11-2-4-12(15)5-3-11/h2-7,13-14H,8-9H2,1H3. The minimum Gasteiger partial charge on any atom is -0.456 e. The maximum absolute atomic E-state index is 10.8. The van der Waals surface area contributed by atoms with E-state index in [4.69, 9.17) is 9.47 Å². The maximum Gasteiger partial charge on any atom is 0.303 e. The molecule has 0 amide bonds. The second kappa shape index (κ2) is 6.33. The van der Waals surface area contributed by atoms with Gasteiger partial charge in [0.05, 0.1) is 12.7 Å². The van der Waals surface area contributed by atoms with Crippen LogP contribution in [-0.2, 0) is 20.7 Å². The zero-order chi connectivity index (χ0) is 13.0. The van der Waals surface area contributed by atoms with Crippen LogP contribution in [0.3, 0.4) is 0 Å². The normalized spacial score (nSPS) is 22.8. The quantitative estimate of drug-likeness (QED) is 0.474. The van der Waals surface area contributed by atoms with Gasteiger partial charge in [-0.3, -0.25) is 4.79 Å². The molecule has 0 N–H and O–H groups in total. The number of esters is 1. The monoisotopic (exact) mass is 358 g/mol. The summed E-state index contributed by atoms with van der Waals surface area (Å²) < 4.78 is 11.9. The molecule has 3 nitrogen and oxygen atoms in total. The molecule has 0 spiro atoms. The molecule has 1 aliphatic heterocycles. The van der Waals surface area contributed by atoms with Gasteiger partial charge in [0.1, 0.15) is 6.10 Å². The van der Waals surface area contributed by atoms with Crippen molar-refractivity contribution in [1.29, 1.82) is 0 Å². The Morgan fingerprint density at radius 1 is 1.39 bits per heavy atom. The van der Waals surface area contributed by atoms with Crippen LogP contribution >= 0.6 is 22.6 Å². The van der Waals surface area contributed by atoms with Crippen LogP contribution < -0.4 is 0 Å². The fourth-order valence-electron chi connectivity index (χ4n) is 1.84. The van der Waals surface area contributed by atoms with Gasteiger partial charge in [-0.25, -0.2) is 0 Å². The summed E-state index contributed by atoms with van der Waals surface area (Å²) in [6.45, 7) is 1.84. The molecule has 0 saturated carbocycles. The van der Waals surface area contributed by atoms with Gasteiger partial charge in [-0.1, -0.05) is 18.2 Å². The first kappa shape index (κ1) is 13.5. The van der Waals surface area contributed by atoms with Gasteiger partial charge in [0.15, 0.2) is 0 Å². The molecule has 0 fully saturated rings. The molecule has 0 saturated heterocycles. The van der Waals surface area contributed by atoms with E-state index < -0.39 is 0 Å². The van der Waals surface area contributed by atoms with E-state index in [2.05, 4.69) is 46.9 Å². The number of hydrogen-bond acceptors (Lipinski definition) is 3. The lowest BCUT2D eigenvalue weighted by molar-refractivity contribution is -0.147. The lowest BCUT2D eigenvalue weighted by Gasteiger charge is -2.23. The molecule has 0 aromatic heterocycles. The van der Waals surface area contributed by atoms with E-state index in [1.165, 1.54) is 16.1 Å². The molecule has 2 atom stereocenters. The van der Waals surface area contributed by atoms with Crippen molar-refractivity contribution < 1.29 is 14.3 Å². The second-order valence-corrected chi connectivity index (χ2v) is 5.48. The molecule has 18 heavy (non-hydrogen) atoms. The first-order valence-electron chi connectivity index (χ1n) is 5.85. The Balaban J connectivity index is 1.89. The lowest BCUT2D eigenvalue weighted by atomic mass is 10.1. The molecule has 2 unspecified atom stereocenters. The van der Waals surface area contributed by atoms with E-state index in [1.54, 1.807) is 0 Å². The van der Waals surface area contributed by atoms with Crippen molar-refractivity contribution in [2.45, 2.75) is 25.6 Å². The Morgan fingerprint density at radius 3 is 2.67 bits per heavy atom. The van der Waals surface area contributed by atoms with Crippen LogP contribution in [0.15, 0.2) is 36.4 Å². The van der Waals surface area contributed by atoms with E-state index >= 15 is 0 Å². The van der Waals surface area contributed by atoms with E-state index in [-0.39, 0.29) is 18.2 Å². The summed E-state index contributed by atoms with van der Waals surface area (Å²) in [6, 6.07) is 8.39. The summed E-state index contributed by atoms with van der Waals surface area (Å²) in [5.74, 6) is -0.274. The van der Waals surface area contributed by atoms with Gasteiger partial charge >= 0.3 is 5.97 Å². The Hall–Kier alpha value is -0.880. The first-order valence-corrected chi connectivity index (χ1v) is 6.93. The Bertz CT molecular complexity index is 439. The van der Waals surface area contributed by atoms with Gasteiger partial charge < -0.3 is 9.47 Å². The van der Waals surface area contributed by atoms with Gasteiger partial charge in [-0.2, -0.15) is 0 Å². The number of benzene rings is 1. The van der Waals surface area contributed by atoms with Crippen LogP contribution in [0.1, 0.15) is 12.5 Å². The van der Waals surface area contributed by atoms with Gasteiger partial charge in [0.25, 0.3) is 0 Å². The number of halogens is 1. The smallest absolute Gasteiger partial charge is 0.303 e. The minimum atomic E-state index is -0.274. The Kier molecular flexibility index (Phi) is 4.77. The van der Waals surface area contributed by atoms with Crippen LogP contribution in [-0.4, -0.2) is 24.8 Å². The van der Waals surface area contributed by atoms with Gasteiger partial charge in [-0.15, -0.1) is 0 Å². The van der Waals surface area contributed by atoms with E-state index in [0.29, 0.717) is 6.61 Å². The predicted molar refractivity (Wildman–Crippen MR) is 77.3 cm³/mol. The average molecular weight is 358 g/mol. The SMILES string of the molecule is CC(=O)OC1C=CC(Cc2ccc(I)cc2)OC1. The number of rotatable bonds is 3. The molecule has 1 aromatic carbocycles.